The maximum absolute atomic E-state index is 13.2. The number of amides is 2. The molecule has 2 N–H and O–H groups in total. The van der Waals surface area contributed by atoms with Gasteiger partial charge in [-0.15, -0.1) is 0 Å². The summed E-state index contributed by atoms with van der Waals surface area (Å²) in [6.45, 7) is 8.02. The zero-order valence-corrected chi connectivity index (χ0v) is 18.9. The van der Waals surface area contributed by atoms with Gasteiger partial charge in [0.1, 0.15) is 11.8 Å². The van der Waals surface area contributed by atoms with Gasteiger partial charge in [-0.25, -0.2) is 0 Å². The fourth-order valence-corrected chi connectivity index (χ4v) is 4.96. The molecule has 0 bridgehead atoms. The Morgan fingerprint density at radius 3 is 2.66 bits per heavy atom. The van der Waals surface area contributed by atoms with Crippen molar-refractivity contribution in [3.8, 4) is 5.75 Å². The summed E-state index contributed by atoms with van der Waals surface area (Å²) in [5, 5.41) is 15.2. The van der Waals surface area contributed by atoms with Crippen LogP contribution < -0.4 is 5.32 Å². The van der Waals surface area contributed by atoms with Crippen LogP contribution in [0.5, 0.6) is 5.75 Å². The molecule has 2 fully saturated rings. The number of carbonyl (C=O) groups excluding carboxylic acids is 2. The van der Waals surface area contributed by atoms with E-state index in [0.29, 0.717) is 24.9 Å². The monoisotopic (exact) mass is 439 g/mol. The molecule has 2 aliphatic rings. The molecule has 2 aliphatic heterocycles. The van der Waals surface area contributed by atoms with Crippen molar-refractivity contribution in [1.82, 2.24) is 15.1 Å². The molecule has 0 unspecified atom stereocenters. The number of benzene rings is 2. The molecule has 3 atom stereocenters. The fourth-order valence-electron chi connectivity index (χ4n) is 4.96. The smallest absolute Gasteiger partial charge is 0.258 e. The Morgan fingerprint density at radius 1 is 1.12 bits per heavy atom. The van der Waals surface area contributed by atoms with Crippen LogP contribution >= 0.6 is 0 Å². The van der Waals surface area contributed by atoms with E-state index < -0.39 is 6.04 Å². The number of ether oxygens (including phenoxy) is 1. The number of morpholine rings is 1. The van der Waals surface area contributed by atoms with Crippen LogP contribution in [0.2, 0.25) is 0 Å². The second-order valence-electron chi connectivity index (χ2n) is 9.00. The summed E-state index contributed by atoms with van der Waals surface area (Å²) in [5.41, 5.74) is 0.249. The zero-order chi connectivity index (χ0) is 22.7. The van der Waals surface area contributed by atoms with Crippen molar-refractivity contribution >= 4 is 22.6 Å². The lowest BCUT2D eigenvalue weighted by Crippen LogP contribution is -2.47. The molecule has 2 amide bonds. The van der Waals surface area contributed by atoms with Gasteiger partial charge in [-0.3, -0.25) is 14.5 Å². The normalized spacial score (nSPS) is 24.1. The first-order chi connectivity index (χ1) is 15.4. The summed E-state index contributed by atoms with van der Waals surface area (Å²) in [6.07, 6.45) is 2.75. The van der Waals surface area contributed by atoms with E-state index >= 15 is 0 Å². The number of nitrogens with one attached hydrogen (secondary N) is 1. The first-order valence-electron chi connectivity index (χ1n) is 11.6. The van der Waals surface area contributed by atoms with Gasteiger partial charge in [0.05, 0.1) is 17.8 Å². The highest BCUT2D eigenvalue weighted by Crippen LogP contribution is 2.31. The molecule has 0 radical (unpaired) electrons. The average molecular weight is 440 g/mol. The Kier molecular flexibility index (Phi) is 6.96. The number of phenols is 1. The van der Waals surface area contributed by atoms with Gasteiger partial charge < -0.3 is 20.1 Å². The van der Waals surface area contributed by atoms with Gasteiger partial charge in [-0.1, -0.05) is 30.3 Å². The van der Waals surface area contributed by atoms with Gasteiger partial charge in [-0.2, -0.15) is 0 Å². The topological polar surface area (TPSA) is 82.1 Å². The molecule has 0 spiro atoms. The van der Waals surface area contributed by atoms with Gasteiger partial charge in [0.25, 0.3) is 5.91 Å². The van der Waals surface area contributed by atoms with Crippen LogP contribution in [0.15, 0.2) is 36.4 Å². The van der Waals surface area contributed by atoms with Crippen molar-refractivity contribution in [3.63, 3.8) is 0 Å². The summed E-state index contributed by atoms with van der Waals surface area (Å²) in [5.74, 6) is -0.421. The van der Waals surface area contributed by atoms with E-state index in [-0.39, 0.29) is 35.3 Å². The van der Waals surface area contributed by atoms with Crippen LogP contribution in [-0.2, 0) is 9.53 Å². The molecule has 2 saturated heterocycles. The summed E-state index contributed by atoms with van der Waals surface area (Å²) >= 11 is 0. The van der Waals surface area contributed by atoms with Crippen LogP contribution in [0.25, 0.3) is 10.8 Å². The van der Waals surface area contributed by atoms with E-state index in [1.807, 2.05) is 24.3 Å². The van der Waals surface area contributed by atoms with E-state index in [0.717, 1.165) is 37.9 Å². The van der Waals surface area contributed by atoms with Crippen molar-refractivity contribution in [2.45, 2.75) is 51.4 Å². The summed E-state index contributed by atoms with van der Waals surface area (Å²) in [6, 6.07) is 10.4. The molecule has 172 valence electrons. The van der Waals surface area contributed by atoms with E-state index in [9.17, 15) is 14.7 Å². The lowest BCUT2D eigenvalue weighted by molar-refractivity contribution is -0.124. The molecule has 7 nitrogen and oxygen atoms in total. The van der Waals surface area contributed by atoms with Crippen molar-refractivity contribution in [1.29, 1.82) is 0 Å². The number of nitrogens with zero attached hydrogens (tertiary/aromatic N) is 2. The van der Waals surface area contributed by atoms with E-state index in [4.69, 9.17) is 4.74 Å². The van der Waals surface area contributed by atoms with Gasteiger partial charge in [0, 0.05) is 38.1 Å². The number of fused-ring (bicyclic) bond motifs is 1. The predicted molar refractivity (Wildman–Crippen MR) is 124 cm³/mol. The second-order valence-corrected chi connectivity index (χ2v) is 9.00. The van der Waals surface area contributed by atoms with Crippen LogP contribution in [0, 0.1) is 0 Å². The van der Waals surface area contributed by atoms with E-state index in [1.54, 1.807) is 17.0 Å². The third-order valence-corrected chi connectivity index (χ3v) is 6.39. The Labute approximate surface area is 189 Å². The van der Waals surface area contributed by atoms with Crippen LogP contribution in [0.3, 0.4) is 0 Å². The SMILES string of the molecule is C[C@@H]1CN(CCCNC(=O)[C@H]2CCCN2C(=O)c2ccc3ccccc3c2O)C[C@@H](C)O1. The minimum atomic E-state index is -0.489. The predicted octanol–water partition coefficient (Wildman–Crippen LogP) is 2.77. The molecule has 2 heterocycles. The highest BCUT2D eigenvalue weighted by atomic mass is 16.5. The molecule has 0 aliphatic carbocycles. The Balaban J connectivity index is 1.33. The quantitative estimate of drug-likeness (QED) is 0.677. The molecule has 2 aromatic carbocycles. The largest absolute Gasteiger partial charge is 0.506 e. The summed E-state index contributed by atoms with van der Waals surface area (Å²) in [7, 11) is 0. The van der Waals surface area contributed by atoms with Gasteiger partial charge in [0.2, 0.25) is 5.91 Å². The number of hydrogen-bond acceptors (Lipinski definition) is 5. The van der Waals surface area contributed by atoms with Gasteiger partial charge >= 0.3 is 0 Å². The number of phenolic OH excluding ortho intramolecular Hbond substituents is 1. The Morgan fingerprint density at radius 2 is 1.88 bits per heavy atom. The third kappa shape index (κ3) is 4.89. The molecule has 32 heavy (non-hydrogen) atoms. The van der Waals surface area contributed by atoms with E-state index in [1.165, 1.54) is 0 Å². The molecule has 0 saturated carbocycles. The van der Waals surface area contributed by atoms with E-state index in [2.05, 4.69) is 24.1 Å². The first-order valence-corrected chi connectivity index (χ1v) is 11.6. The standard InChI is InChI=1S/C25H33N3O4/c1-17-15-27(16-18(2)32-17)13-6-12-26-24(30)22-9-5-14-28(22)25(31)21-11-10-19-7-3-4-8-20(19)23(21)29/h3-4,7-8,10-11,17-18,22,29H,5-6,9,12-16H2,1-2H3,(H,26,30)/t17-,18-,22-/m1/s1. The van der Waals surface area contributed by atoms with Crippen LogP contribution in [-0.4, -0.2) is 77.7 Å². The molecule has 4 rings (SSSR count). The fraction of sp³-hybridized carbons (Fsp3) is 0.520. The molecular formula is C25H33N3O4. The zero-order valence-electron chi connectivity index (χ0n) is 18.9. The molecule has 0 aromatic heterocycles. The average Bonchev–Trinajstić information content (AvgIpc) is 3.26. The summed E-state index contributed by atoms with van der Waals surface area (Å²) < 4.78 is 5.76. The lowest BCUT2D eigenvalue weighted by atomic mass is 10.0. The molecule has 7 heteroatoms. The van der Waals surface area contributed by atoms with Crippen LogP contribution in [0.4, 0.5) is 0 Å². The van der Waals surface area contributed by atoms with Gasteiger partial charge in [-0.05, 0) is 44.6 Å². The summed E-state index contributed by atoms with van der Waals surface area (Å²) in [4.78, 5) is 30.0. The number of rotatable bonds is 6. The number of hydrogen-bond donors (Lipinski definition) is 2. The van der Waals surface area contributed by atoms with Crippen molar-refractivity contribution < 1.29 is 19.4 Å². The Bertz CT molecular complexity index is 969. The lowest BCUT2D eigenvalue weighted by Gasteiger charge is -2.35. The van der Waals surface area contributed by atoms with Gasteiger partial charge in [0.15, 0.2) is 0 Å². The molecular weight excluding hydrogens is 406 g/mol. The maximum atomic E-state index is 13.2. The third-order valence-electron chi connectivity index (χ3n) is 6.39. The van der Waals surface area contributed by atoms with Crippen molar-refractivity contribution in [3.05, 3.63) is 42.0 Å². The second kappa shape index (κ2) is 9.88. The minimum Gasteiger partial charge on any atom is -0.506 e. The van der Waals surface area contributed by atoms with Crippen molar-refractivity contribution in [2.24, 2.45) is 0 Å². The minimum absolute atomic E-state index is 0.0203. The van der Waals surface area contributed by atoms with Crippen molar-refractivity contribution in [2.75, 3.05) is 32.7 Å². The maximum Gasteiger partial charge on any atom is 0.258 e. The number of likely N-dealkylation sites (tertiary alicyclic amines) is 1. The first kappa shape index (κ1) is 22.6. The highest BCUT2D eigenvalue weighted by Gasteiger charge is 2.35. The number of carbonyl (C=O) groups is 2. The molecule has 2 aromatic rings. The Hall–Kier alpha value is -2.64. The number of aromatic hydroxyl groups is 1. The van der Waals surface area contributed by atoms with Crippen LogP contribution in [0.1, 0.15) is 43.5 Å². The highest BCUT2D eigenvalue weighted by molar-refractivity contribution is 6.05.